The van der Waals surface area contributed by atoms with Crippen LogP contribution in [0.2, 0.25) is 0 Å². The zero-order valence-corrected chi connectivity index (χ0v) is 9.32. The van der Waals surface area contributed by atoms with Gasteiger partial charge in [-0.05, 0) is 24.5 Å². The van der Waals surface area contributed by atoms with Gasteiger partial charge in [-0.2, -0.15) is 11.8 Å². The number of carbonyl (C=O) groups is 1. The highest BCUT2D eigenvalue weighted by atomic mass is 32.2. The number of hydrogen-bond donors (Lipinski definition) is 1. The SMILES string of the molecule is CC(C)CCNC(=O)C1CCSC1. The van der Waals surface area contributed by atoms with Crippen LogP contribution in [0.4, 0.5) is 0 Å². The van der Waals surface area contributed by atoms with Gasteiger partial charge >= 0.3 is 0 Å². The van der Waals surface area contributed by atoms with Crippen LogP contribution in [-0.4, -0.2) is 24.0 Å². The Balaban J connectivity index is 2.10. The van der Waals surface area contributed by atoms with E-state index in [1.807, 2.05) is 11.8 Å². The monoisotopic (exact) mass is 201 g/mol. The van der Waals surface area contributed by atoms with E-state index in [1.54, 1.807) is 0 Å². The van der Waals surface area contributed by atoms with E-state index in [1.165, 1.54) is 0 Å². The lowest BCUT2D eigenvalue weighted by Gasteiger charge is -2.10. The van der Waals surface area contributed by atoms with E-state index in [0.29, 0.717) is 5.92 Å². The lowest BCUT2D eigenvalue weighted by atomic mass is 10.1. The summed E-state index contributed by atoms with van der Waals surface area (Å²) in [5.74, 6) is 3.41. The minimum atomic E-state index is 0.269. The maximum atomic E-state index is 11.5. The molecular formula is C10H19NOS. The molecule has 1 heterocycles. The normalized spacial score (nSPS) is 22.2. The fraction of sp³-hybridized carbons (Fsp3) is 0.900. The number of thioether (sulfide) groups is 1. The van der Waals surface area contributed by atoms with Gasteiger partial charge in [0, 0.05) is 18.2 Å². The molecule has 13 heavy (non-hydrogen) atoms. The van der Waals surface area contributed by atoms with E-state index in [-0.39, 0.29) is 11.8 Å². The predicted octanol–water partition coefficient (Wildman–Crippen LogP) is 1.90. The Morgan fingerprint density at radius 1 is 1.62 bits per heavy atom. The van der Waals surface area contributed by atoms with E-state index in [2.05, 4.69) is 19.2 Å². The lowest BCUT2D eigenvalue weighted by molar-refractivity contribution is -0.124. The summed E-state index contributed by atoms with van der Waals surface area (Å²) in [5, 5.41) is 3.00. The van der Waals surface area contributed by atoms with Gasteiger partial charge < -0.3 is 5.32 Å². The standard InChI is InChI=1S/C10H19NOS/c1-8(2)3-5-11-10(12)9-4-6-13-7-9/h8-9H,3-7H2,1-2H3,(H,11,12). The Kier molecular flexibility index (Phi) is 4.64. The van der Waals surface area contributed by atoms with Gasteiger partial charge in [-0.15, -0.1) is 0 Å². The second kappa shape index (κ2) is 5.53. The molecule has 1 N–H and O–H groups in total. The molecule has 1 atom stereocenters. The van der Waals surface area contributed by atoms with Crippen LogP contribution in [0.5, 0.6) is 0 Å². The van der Waals surface area contributed by atoms with E-state index >= 15 is 0 Å². The topological polar surface area (TPSA) is 29.1 Å². The molecule has 0 aromatic carbocycles. The molecule has 1 amide bonds. The Bertz CT molecular complexity index is 164. The van der Waals surface area contributed by atoms with Crippen molar-refractivity contribution >= 4 is 17.7 Å². The van der Waals surface area contributed by atoms with Gasteiger partial charge in [0.05, 0.1) is 0 Å². The first kappa shape index (κ1) is 10.9. The molecule has 3 heteroatoms. The number of nitrogens with one attached hydrogen (secondary N) is 1. The van der Waals surface area contributed by atoms with Crippen molar-refractivity contribution in [1.82, 2.24) is 5.32 Å². The van der Waals surface area contributed by atoms with Crippen LogP contribution in [0.3, 0.4) is 0 Å². The third-order valence-electron chi connectivity index (χ3n) is 2.32. The highest BCUT2D eigenvalue weighted by molar-refractivity contribution is 7.99. The summed E-state index contributed by atoms with van der Waals surface area (Å²) in [6.45, 7) is 5.20. The smallest absolute Gasteiger partial charge is 0.223 e. The highest BCUT2D eigenvalue weighted by Gasteiger charge is 2.22. The minimum Gasteiger partial charge on any atom is -0.356 e. The molecule has 2 nitrogen and oxygen atoms in total. The summed E-state index contributed by atoms with van der Waals surface area (Å²) < 4.78 is 0. The Labute approximate surface area is 84.9 Å². The molecule has 1 fully saturated rings. The second-order valence-electron chi connectivity index (χ2n) is 4.03. The van der Waals surface area contributed by atoms with Crippen molar-refractivity contribution in [2.75, 3.05) is 18.1 Å². The maximum Gasteiger partial charge on any atom is 0.223 e. The van der Waals surface area contributed by atoms with Crippen LogP contribution in [0.1, 0.15) is 26.7 Å². The summed E-state index contributed by atoms with van der Waals surface area (Å²) in [5.41, 5.74) is 0. The van der Waals surface area contributed by atoms with E-state index in [4.69, 9.17) is 0 Å². The summed E-state index contributed by atoms with van der Waals surface area (Å²) in [6, 6.07) is 0. The molecule has 1 aliphatic rings. The fourth-order valence-electron chi connectivity index (χ4n) is 1.37. The van der Waals surface area contributed by atoms with Crippen molar-refractivity contribution in [3.05, 3.63) is 0 Å². The first-order chi connectivity index (χ1) is 6.20. The predicted molar refractivity (Wildman–Crippen MR) is 57.9 cm³/mol. The number of hydrogen-bond acceptors (Lipinski definition) is 2. The van der Waals surface area contributed by atoms with E-state index in [0.717, 1.165) is 30.9 Å². The van der Waals surface area contributed by atoms with Crippen LogP contribution >= 0.6 is 11.8 Å². The molecule has 0 radical (unpaired) electrons. The van der Waals surface area contributed by atoms with Crippen LogP contribution in [0, 0.1) is 11.8 Å². The molecule has 1 unspecified atom stereocenters. The molecule has 0 aromatic heterocycles. The average molecular weight is 201 g/mol. The van der Waals surface area contributed by atoms with Gasteiger partial charge in [-0.25, -0.2) is 0 Å². The summed E-state index contributed by atoms with van der Waals surface area (Å²) >= 11 is 1.89. The zero-order chi connectivity index (χ0) is 9.68. The molecule has 0 bridgehead atoms. The van der Waals surface area contributed by atoms with Crippen LogP contribution < -0.4 is 5.32 Å². The molecule has 1 saturated heterocycles. The third-order valence-corrected chi connectivity index (χ3v) is 3.48. The average Bonchev–Trinajstić information content (AvgIpc) is 2.55. The van der Waals surface area contributed by atoms with Crippen molar-refractivity contribution < 1.29 is 4.79 Å². The largest absolute Gasteiger partial charge is 0.356 e. The fourth-order valence-corrected chi connectivity index (χ4v) is 2.59. The number of carbonyl (C=O) groups excluding carboxylic acids is 1. The van der Waals surface area contributed by atoms with Gasteiger partial charge in [-0.1, -0.05) is 13.8 Å². The van der Waals surface area contributed by atoms with Crippen LogP contribution in [-0.2, 0) is 4.79 Å². The lowest BCUT2D eigenvalue weighted by Crippen LogP contribution is -2.31. The molecule has 1 aliphatic heterocycles. The molecule has 0 aromatic rings. The first-order valence-electron chi connectivity index (χ1n) is 5.05. The number of rotatable bonds is 4. The van der Waals surface area contributed by atoms with Gasteiger partial charge in [0.2, 0.25) is 5.91 Å². The third kappa shape index (κ3) is 4.03. The van der Waals surface area contributed by atoms with Crippen LogP contribution in [0.25, 0.3) is 0 Å². The highest BCUT2D eigenvalue weighted by Crippen LogP contribution is 2.23. The summed E-state index contributed by atoms with van der Waals surface area (Å²) in [4.78, 5) is 11.5. The van der Waals surface area contributed by atoms with E-state index in [9.17, 15) is 4.79 Å². The molecule has 0 aliphatic carbocycles. The van der Waals surface area contributed by atoms with Gasteiger partial charge in [0.1, 0.15) is 0 Å². The van der Waals surface area contributed by atoms with Gasteiger partial charge in [0.15, 0.2) is 0 Å². The molecular weight excluding hydrogens is 182 g/mol. The van der Waals surface area contributed by atoms with Crippen molar-refractivity contribution in [3.63, 3.8) is 0 Å². The molecule has 1 rings (SSSR count). The van der Waals surface area contributed by atoms with Gasteiger partial charge in [-0.3, -0.25) is 4.79 Å². The number of amides is 1. The van der Waals surface area contributed by atoms with Crippen molar-refractivity contribution in [3.8, 4) is 0 Å². The van der Waals surface area contributed by atoms with Crippen molar-refractivity contribution in [1.29, 1.82) is 0 Å². The summed E-state index contributed by atoms with van der Waals surface area (Å²) in [6.07, 6.45) is 2.16. The van der Waals surface area contributed by atoms with Gasteiger partial charge in [0.25, 0.3) is 0 Å². The minimum absolute atomic E-state index is 0.269. The quantitative estimate of drug-likeness (QED) is 0.752. The molecule has 0 spiro atoms. The van der Waals surface area contributed by atoms with Crippen molar-refractivity contribution in [2.45, 2.75) is 26.7 Å². The first-order valence-corrected chi connectivity index (χ1v) is 6.21. The summed E-state index contributed by atoms with van der Waals surface area (Å²) in [7, 11) is 0. The second-order valence-corrected chi connectivity index (χ2v) is 5.18. The maximum absolute atomic E-state index is 11.5. The molecule has 0 saturated carbocycles. The Morgan fingerprint density at radius 2 is 2.38 bits per heavy atom. The zero-order valence-electron chi connectivity index (χ0n) is 8.51. The molecule has 76 valence electrons. The Morgan fingerprint density at radius 3 is 2.92 bits per heavy atom. The van der Waals surface area contributed by atoms with Crippen LogP contribution in [0.15, 0.2) is 0 Å². The Hall–Kier alpha value is -0.180. The van der Waals surface area contributed by atoms with Crippen molar-refractivity contribution in [2.24, 2.45) is 11.8 Å². The van der Waals surface area contributed by atoms with E-state index < -0.39 is 0 Å².